The molecule has 2 amide bonds. The number of aryl methyl sites for hydroxylation is 1. The van der Waals surface area contributed by atoms with Crippen LogP contribution in [0.25, 0.3) is 0 Å². The molecular weight excluding hydrogens is 366 g/mol. The Morgan fingerprint density at radius 3 is 2.64 bits per heavy atom. The molecule has 0 fully saturated rings. The molecule has 0 spiro atoms. The van der Waals surface area contributed by atoms with E-state index < -0.39 is 0 Å². The average molecular weight is 384 g/mol. The zero-order valence-electron chi connectivity index (χ0n) is 13.8. The first kappa shape index (κ1) is 19.1. The van der Waals surface area contributed by atoms with Crippen LogP contribution in [-0.2, 0) is 9.59 Å². The highest BCUT2D eigenvalue weighted by Crippen LogP contribution is 2.32. The highest BCUT2D eigenvalue weighted by atomic mass is 35.5. The predicted octanol–water partition coefficient (Wildman–Crippen LogP) is 3.35. The van der Waals surface area contributed by atoms with Crippen molar-refractivity contribution in [3.63, 3.8) is 0 Å². The number of carbonyl (C=O) groups is 2. The van der Waals surface area contributed by atoms with E-state index in [0.29, 0.717) is 34.6 Å². The van der Waals surface area contributed by atoms with Crippen molar-refractivity contribution >= 4 is 46.7 Å². The number of nitrogens with one attached hydrogen (secondary N) is 2. The molecule has 2 aromatic rings. The van der Waals surface area contributed by atoms with E-state index in [-0.39, 0.29) is 23.3 Å². The summed E-state index contributed by atoms with van der Waals surface area (Å²) >= 11 is 7.25. The molecule has 2 rings (SSSR count). The van der Waals surface area contributed by atoms with Crippen LogP contribution in [0.4, 0.5) is 11.5 Å². The number of halogens is 1. The second-order valence-electron chi connectivity index (χ2n) is 4.96. The molecule has 0 bridgehead atoms. The van der Waals surface area contributed by atoms with Gasteiger partial charge in [-0.2, -0.15) is 0 Å². The number of benzene rings is 1. The number of rotatable bonds is 8. The third-order valence-electron chi connectivity index (χ3n) is 2.89. The van der Waals surface area contributed by atoms with Crippen molar-refractivity contribution in [1.82, 2.24) is 5.16 Å². The number of nitrogens with zero attached hydrogens (tertiary/aromatic N) is 1. The highest BCUT2D eigenvalue weighted by Gasteiger charge is 2.12. The van der Waals surface area contributed by atoms with Crippen LogP contribution in [0.5, 0.6) is 5.75 Å². The maximum absolute atomic E-state index is 12.0. The number of carbonyl (C=O) groups excluding carboxylic acids is 2. The van der Waals surface area contributed by atoms with E-state index in [1.807, 2.05) is 6.92 Å². The summed E-state index contributed by atoms with van der Waals surface area (Å²) in [6, 6.07) is 6.73. The number of hydrogen-bond donors (Lipinski definition) is 2. The Morgan fingerprint density at radius 2 is 2.00 bits per heavy atom. The average Bonchev–Trinajstić information content (AvgIpc) is 2.95. The molecule has 1 heterocycles. The minimum absolute atomic E-state index is 0.114. The first-order valence-corrected chi connectivity index (χ1v) is 9.05. The molecule has 0 unspecified atom stereocenters. The van der Waals surface area contributed by atoms with Crippen LogP contribution in [0.1, 0.15) is 12.7 Å². The third kappa shape index (κ3) is 5.99. The number of ether oxygens (including phenoxy) is 1. The molecular formula is C16H18ClN3O4S. The van der Waals surface area contributed by atoms with Gasteiger partial charge in [-0.05, 0) is 26.0 Å². The van der Waals surface area contributed by atoms with E-state index in [4.69, 9.17) is 20.9 Å². The van der Waals surface area contributed by atoms with Crippen LogP contribution < -0.4 is 15.4 Å². The fourth-order valence-electron chi connectivity index (χ4n) is 1.93. The molecule has 25 heavy (non-hydrogen) atoms. The summed E-state index contributed by atoms with van der Waals surface area (Å²) in [6.45, 7) is 4.00. The van der Waals surface area contributed by atoms with Gasteiger partial charge in [-0.1, -0.05) is 22.8 Å². The van der Waals surface area contributed by atoms with Gasteiger partial charge in [0.05, 0.1) is 28.8 Å². The fourth-order valence-corrected chi connectivity index (χ4v) is 2.77. The molecule has 9 heteroatoms. The van der Waals surface area contributed by atoms with Gasteiger partial charge in [0, 0.05) is 6.07 Å². The number of aromatic nitrogens is 1. The Bertz CT molecular complexity index is 751. The number of amides is 2. The zero-order chi connectivity index (χ0) is 18.2. The van der Waals surface area contributed by atoms with E-state index in [0.717, 1.165) is 0 Å². The largest absolute Gasteiger partial charge is 0.490 e. The third-order valence-corrected chi connectivity index (χ3v) is 4.12. The Balaban J connectivity index is 1.79. The van der Waals surface area contributed by atoms with Crippen molar-refractivity contribution in [2.45, 2.75) is 13.8 Å². The second kappa shape index (κ2) is 9.33. The van der Waals surface area contributed by atoms with Crippen molar-refractivity contribution in [3.8, 4) is 5.75 Å². The van der Waals surface area contributed by atoms with Gasteiger partial charge in [-0.25, -0.2) is 0 Å². The van der Waals surface area contributed by atoms with E-state index >= 15 is 0 Å². The lowest BCUT2D eigenvalue weighted by Gasteiger charge is -2.12. The van der Waals surface area contributed by atoms with Gasteiger partial charge in [0.1, 0.15) is 5.76 Å². The Labute approximate surface area is 154 Å². The fraction of sp³-hybridized carbons (Fsp3) is 0.312. The van der Waals surface area contributed by atoms with Crippen molar-refractivity contribution in [2.24, 2.45) is 0 Å². The maximum Gasteiger partial charge on any atom is 0.235 e. The summed E-state index contributed by atoms with van der Waals surface area (Å²) in [6.07, 6.45) is 0. The van der Waals surface area contributed by atoms with Gasteiger partial charge in [-0.15, -0.1) is 11.8 Å². The van der Waals surface area contributed by atoms with E-state index in [2.05, 4.69) is 15.8 Å². The van der Waals surface area contributed by atoms with Gasteiger partial charge in [-0.3, -0.25) is 9.59 Å². The van der Waals surface area contributed by atoms with Crippen LogP contribution in [0.15, 0.2) is 28.8 Å². The van der Waals surface area contributed by atoms with Gasteiger partial charge in [0.2, 0.25) is 11.8 Å². The maximum atomic E-state index is 12.0. The number of anilines is 2. The van der Waals surface area contributed by atoms with Gasteiger partial charge >= 0.3 is 0 Å². The molecule has 1 aromatic heterocycles. The minimum atomic E-state index is -0.260. The summed E-state index contributed by atoms with van der Waals surface area (Å²) < 4.78 is 10.3. The quantitative estimate of drug-likeness (QED) is 0.726. The monoisotopic (exact) mass is 383 g/mol. The zero-order valence-corrected chi connectivity index (χ0v) is 15.4. The van der Waals surface area contributed by atoms with E-state index in [1.165, 1.54) is 11.8 Å². The SMILES string of the molecule is CCOc1c(Cl)cccc1NC(=O)CSCC(=O)Nc1cc(C)on1. The second-order valence-corrected chi connectivity index (χ2v) is 6.35. The molecule has 0 saturated heterocycles. The lowest BCUT2D eigenvalue weighted by atomic mass is 10.3. The van der Waals surface area contributed by atoms with Crippen LogP contribution >= 0.6 is 23.4 Å². The highest BCUT2D eigenvalue weighted by molar-refractivity contribution is 8.00. The molecule has 0 aliphatic rings. The van der Waals surface area contributed by atoms with Crippen LogP contribution in [-0.4, -0.2) is 35.1 Å². The van der Waals surface area contributed by atoms with Crippen LogP contribution in [0.3, 0.4) is 0 Å². The molecule has 7 nitrogen and oxygen atoms in total. The molecule has 134 valence electrons. The Hall–Kier alpha value is -2.19. The number of para-hydroxylation sites is 1. The van der Waals surface area contributed by atoms with Gasteiger partial charge in [0.15, 0.2) is 11.6 Å². The number of thioether (sulfide) groups is 1. The lowest BCUT2D eigenvalue weighted by molar-refractivity contribution is -0.114. The van der Waals surface area contributed by atoms with Crippen LogP contribution in [0.2, 0.25) is 5.02 Å². The topological polar surface area (TPSA) is 93.5 Å². The Kier molecular flexibility index (Phi) is 7.15. The van der Waals surface area contributed by atoms with Crippen molar-refractivity contribution < 1.29 is 18.8 Å². The minimum Gasteiger partial charge on any atom is -0.490 e. The van der Waals surface area contributed by atoms with E-state index in [9.17, 15) is 9.59 Å². The Morgan fingerprint density at radius 1 is 1.28 bits per heavy atom. The summed E-state index contributed by atoms with van der Waals surface area (Å²) in [5, 5.41) is 9.41. The molecule has 0 atom stereocenters. The molecule has 0 aliphatic carbocycles. The van der Waals surface area contributed by atoms with Gasteiger partial charge in [0.25, 0.3) is 0 Å². The molecule has 0 radical (unpaired) electrons. The first-order chi connectivity index (χ1) is 12.0. The molecule has 2 N–H and O–H groups in total. The molecule has 0 saturated carbocycles. The standard InChI is InChI=1S/C16H18ClN3O4S/c1-3-23-16-11(17)5-4-6-12(16)18-14(21)8-25-9-15(22)19-13-7-10(2)24-20-13/h4-7H,3,8-9H2,1-2H3,(H,18,21)(H,19,20,22). The van der Waals surface area contributed by atoms with Crippen molar-refractivity contribution in [2.75, 3.05) is 28.7 Å². The molecule has 0 aliphatic heterocycles. The van der Waals surface area contributed by atoms with Gasteiger partial charge < -0.3 is 19.9 Å². The van der Waals surface area contributed by atoms with Crippen LogP contribution in [0, 0.1) is 6.92 Å². The summed E-state index contributed by atoms with van der Waals surface area (Å²) in [5.41, 5.74) is 0.502. The molecule has 1 aromatic carbocycles. The summed E-state index contributed by atoms with van der Waals surface area (Å²) in [4.78, 5) is 23.8. The van der Waals surface area contributed by atoms with Crippen molar-refractivity contribution in [3.05, 3.63) is 35.0 Å². The summed E-state index contributed by atoms with van der Waals surface area (Å²) in [7, 11) is 0. The smallest absolute Gasteiger partial charge is 0.235 e. The first-order valence-electron chi connectivity index (χ1n) is 7.51. The normalized spacial score (nSPS) is 10.4. The predicted molar refractivity (Wildman–Crippen MR) is 98.4 cm³/mol. The number of hydrogen-bond acceptors (Lipinski definition) is 6. The van der Waals surface area contributed by atoms with E-state index in [1.54, 1.807) is 31.2 Å². The lowest BCUT2D eigenvalue weighted by Crippen LogP contribution is -2.19. The van der Waals surface area contributed by atoms with Crippen molar-refractivity contribution in [1.29, 1.82) is 0 Å². The summed E-state index contributed by atoms with van der Waals surface area (Å²) in [5.74, 6) is 1.12.